The van der Waals surface area contributed by atoms with Gasteiger partial charge in [-0.1, -0.05) is 17.7 Å². The molecule has 0 bridgehead atoms. The Morgan fingerprint density at radius 2 is 1.34 bits per heavy atom. The molecule has 3 aromatic carbocycles. The highest BCUT2D eigenvalue weighted by atomic mass is 35.5. The SMILES string of the molecule is [C-]#[N+]c1ccc(N2CCC3(CCN(C(=O)c4ccc(N5CCN(C6CCN(c7ccc8c(c7)C(=O)N(C7CCC(=O)NC7=O)C8=O)CC6)CC5)cc4)CC3)C2)cc1Cl. The second kappa shape index (κ2) is 15.4. The summed E-state index contributed by atoms with van der Waals surface area (Å²) in [6.07, 6.45) is 5.27. The molecule has 58 heavy (non-hydrogen) atoms. The van der Waals surface area contributed by atoms with Gasteiger partial charge in [-0.15, -0.1) is 0 Å². The zero-order valence-electron chi connectivity index (χ0n) is 32.5. The van der Waals surface area contributed by atoms with Crippen molar-refractivity contribution in [1.82, 2.24) is 20.0 Å². The molecule has 6 heterocycles. The van der Waals surface area contributed by atoms with Crippen molar-refractivity contribution in [3.05, 3.63) is 93.8 Å². The zero-order chi connectivity index (χ0) is 40.1. The number of carbonyl (C=O) groups excluding carboxylic acids is 5. The molecular weight excluding hydrogens is 756 g/mol. The van der Waals surface area contributed by atoms with Crippen LogP contribution in [0.25, 0.3) is 4.85 Å². The van der Waals surface area contributed by atoms with Crippen LogP contribution in [0.4, 0.5) is 22.7 Å². The number of anilines is 3. The van der Waals surface area contributed by atoms with Crippen molar-refractivity contribution in [3.8, 4) is 0 Å². The maximum absolute atomic E-state index is 13.6. The van der Waals surface area contributed by atoms with Gasteiger partial charge in [0, 0.05) is 106 Å². The third-order valence-corrected chi connectivity index (χ3v) is 13.8. The Hall–Kier alpha value is -5.45. The molecule has 0 aliphatic carbocycles. The smallest absolute Gasteiger partial charge is 0.262 e. The number of rotatable bonds is 6. The van der Waals surface area contributed by atoms with Gasteiger partial charge in [0.1, 0.15) is 6.04 Å². The number of likely N-dealkylation sites (tertiary alicyclic amines) is 1. The Bertz CT molecular complexity index is 2200. The Labute approximate surface area is 343 Å². The highest BCUT2D eigenvalue weighted by Crippen LogP contribution is 2.43. The van der Waals surface area contributed by atoms with E-state index in [1.54, 1.807) is 18.2 Å². The van der Waals surface area contributed by atoms with Crippen LogP contribution in [0.15, 0.2) is 60.7 Å². The van der Waals surface area contributed by atoms with E-state index < -0.39 is 23.8 Å². The van der Waals surface area contributed by atoms with Crippen molar-refractivity contribution in [1.29, 1.82) is 0 Å². The lowest BCUT2D eigenvalue weighted by molar-refractivity contribution is -0.136. The molecule has 3 aromatic rings. The summed E-state index contributed by atoms with van der Waals surface area (Å²) >= 11 is 6.33. The minimum absolute atomic E-state index is 0.0944. The van der Waals surface area contributed by atoms with Crippen molar-refractivity contribution < 1.29 is 24.0 Å². The molecular formula is C44H47ClN8O5. The summed E-state index contributed by atoms with van der Waals surface area (Å²) in [5.41, 5.74) is 5.12. The third-order valence-electron chi connectivity index (χ3n) is 13.5. The van der Waals surface area contributed by atoms with Crippen molar-refractivity contribution in [2.24, 2.45) is 5.41 Å². The molecule has 1 N–H and O–H groups in total. The Balaban J connectivity index is 0.731. The van der Waals surface area contributed by atoms with E-state index in [0.29, 0.717) is 27.9 Å². The molecule has 0 saturated carbocycles. The van der Waals surface area contributed by atoms with Gasteiger partial charge in [0.25, 0.3) is 17.7 Å². The summed E-state index contributed by atoms with van der Waals surface area (Å²) in [6, 6.07) is 18.7. The molecule has 9 rings (SSSR count). The van der Waals surface area contributed by atoms with Gasteiger partial charge < -0.3 is 19.6 Å². The van der Waals surface area contributed by atoms with Crippen molar-refractivity contribution in [2.75, 3.05) is 80.1 Å². The van der Waals surface area contributed by atoms with Gasteiger partial charge in [-0.3, -0.25) is 39.1 Å². The Morgan fingerprint density at radius 1 is 0.707 bits per heavy atom. The molecule has 1 unspecified atom stereocenters. The fourth-order valence-corrected chi connectivity index (χ4v) is 10.2. The normalized spacial score (nSPS) is 22.8. The molecule has 0 radical (unpaired) electrons. The van der Waals surface area contributed by atoms with E-state index in [0.717, 1.165) is 125 Å². The highest BCUT2D eigenvalue weighted by molar-refractivity contribution is 6.33. The number of amides is 5. The average molecular weight is 803 g/mol. The molecule has 1 spiro atoms. The lowest BCUT2D eigenvalue weighted by atomic mass is 9.77. The van der Waals surface area contributed by atoms with E-state index in [9.17, 15) is 24.0 Å². The number of benzene rings is 3. The van der Waals surface area contributed by atoms with Gasteiger partial charge in [0.15, 0.2) is 0 Å². The number of nitrogens with one attached hydrogen (secondary N) is 1. The second-order valence-electron chi connectivity index (χ2n) is 16.7. The predicted molar refractivity (Wildman–Crippen MR) is 221 cm³/mol. The first-order valence-corrected chi connectivity index (χ1v) is 20.9. The van der Waals surface area contributed by atoms with Crippen LogP contribution in [0, 0.1) is 12.0 Å². The van der Waals surface area contributed by atoms with Crippen molar-refractivity contribution in [3.63, 3.8) is 0 Å². The zero-order valence-corrected chi connectivity index (χ0v) is 33.3. The standard InChI is InChI=1S/C44H47ClN8O5/c1-46-37-9-7-33(27-36(37)45)52-21-16-44(28-52)14-19-51(20-15-44)41(56)29-2-4-30(5-3-29)49-22-24-50(25-23-49)31-12-17-48(18-13-31)32-6-8-34-35(26-32)43(58)53(42(34)57)38-10-11-39(54)47-40(38)55/h2-9,26-27,31,38H,10-25,28H2,(H,47,54,55). The van der Waals surface area contributed by atoms with Crippen LogP contribution in [0.2, 0.25) is 5.02 Å². The topological polar surface area (TPSA) is 121 Å². The van der Waals surface area contributed by atoms with Crippen molar-refractivity contribution in [2.45, 2.75) is 57.0 Å². The molecule has 13 nitrogen and oxygen atoms in total. The molecule has 6 aliphatic heterocycles. The average Bonchev–Trinajstić information content (AvgIpc) is 3.77. The van der Waals surface area contributed by atoms with Gasteiger partial charge >= 0.3 is 0 Å². The van der Waals surface area contributed by atoms with Crippen LogP contribution >= 0.6 is 11.6 Å². The first-order chi connectivity index (χ1) is 28.1. The lowest BCUT2D eigenvalue weighted by Crippen LogP contribution is -2.54. The first kappa shape index (κ1) is 38.1. The number of piperidine rings is 3. The molecule has 5 fully saturated rings. The summed E-state index contributed by atoms with van der Waals surface area (Å²) < 4.78 is 0. The lowest BCUT2D eigenvalue weighted by Gasteiger charge is -2.44. The maximum Gasteiger partial charge on any atom is 0.262 e. The summed E-state index contributed by atoms with van der Waals surface area (Å²) in [6.45, 7) is 16.1. The maximum atomic E-state index is 13.6. The molecule has 5 amide bonds. The van der Waals surface area contributed by atoms with Crippen LogP contribution < -0.4 is 20.0 Å². The van der Waals surface area contributed by atoms with Crippen LogP contribution in [-0.4, -0.2) is 122 Å². The van der Waals surface area contributed by atoms with Crippen molar-refractivity contribution >= 4 is 63.9 Å². The minimum Gasteiger partial charge on any atom is -0.371 e. The Morgan fingerprint density at radius 3 is 2.03 bits per heavy atom. The monoisotopic (exact) mass is 802 g/mol. The van der Waals surface area contributed by atoms with E-state index in [4.69, 9.17) is 18.2 Å². The van der Waals surface area contributed by atoms with E-state index in [1.165, 1.54) is 0 Å². The number of imide groups is 2. The summed E-state index contributed by atoms with van der Waals surface area (Å²) in [5, 5.41) is 2.75. The molecule has 6 aliphatic rings. The third kappa shape index (κ3) is 7.06. The summed E-state index contributed by atoms with van der Waals surface area (Å²) in [4.78, 5) is 80.3. The predicted octanol–water partition coefficient (Wildman–Crippen LogP) is 5.22. The number of fused-ring (bicyclic) bond motifs is 1. The van der Waals surface area contributed by atoms with Gasteiger partial charge in [0.2, 0.25) is 17.5 Å². The first-order valence-electron chi connectivity index (χ1n) is 20.5. The number of piperazine rings is 1. The minimum atomic E-state index is -0.970. The van der Waals surface area contributed by atoms with Crippen LogP contribution in [0.5, 0.6) is 0 Å². The number of halogens is 1. The van der Waals surface area contributed by atoms with Crippen LogP contribution in [-0.2, 0) is 9.59 Å². The van der Waals surface area contributed by atoms with Gasteiger partial charge in [-0.05, 0) is 98.5 Å². The fraction of sp³-hybridized carbons (Fsp3) is 0.455. The van der Waals surface area contributed by atoms with Crippen LogP contribution in [0.3, 0.4) is 0 Å². The molecule has 1 atom stereocenters. The summed E-state index contributed by atoms with van der Waals surface area (Å²) in [7, 11) is 0. The molecule has 0 aromatic heterocycles. The number of hydrogen-bond acceptors (Lipinski definition) is 9. The molecule has 300 valence electrons. The van der Waals surface area contributed by atoms with E-state index >= 15 is 0 Å². The Kier molecular flexibility index (Phi) is 10.1. The number of nitrogens with zero attached hydrogens (tertiary/aromatic N) is 7. The number of hydrogen-bond donors (Lipinski definition) is 1. The second-order valence-corrected chi connectivity index (χ2v) is 17.1. The van der Waals surface area contributed by atoms with E-state index in [1.807, 2.05) is 35.2 Å². The highest BCUT2D eigenvalue weighted by Gasteiger charge is 2.45. The van der Waals surface area contributed by atoms with E-state index in [2.05, 4.69) is 41.9 Å². The van der Waals surface area contributed by atoms with E-state index in [-0.39, 0.29) is 30.1 Å². The molecule has 14 heteroatoms. The largest absolute Gasteiger partial charge is 0.371 e. The van der Waals surface area contributed by atoms with Gasteiger partial charge in [0.05, 0.1) is 17.7 Å². The summed E-state index contributed by atoms with van der Waals surface area (Å²) in [5.74, 6) is -1.86. The quantitative estimate of drug-likeness (QED) is 0.265. The fourth-order valence-electron chi connectivity index (χ4n) is 10.0. The van der Waals surface area contributed by atoms with Gasteiger partial charge in [-0.25, -0.2) is 4.85 Å². The van der Waals surface area contributed by atoms with Gasteiger partial charge in [-0.2, -0.15) is 0 Å². The van der Waals surface area contributed by atoms with Crippen LogP contribution in [0.1, 0.15) is 76.0 Å². The molecule has 5 saturated heterocycles. The number of carbonyl (C=O) groups is 5.